The summed E-state index contributed by atoms with van der Waals surface area (Å²) in [5.41, 5.74) is 7.34. The number of H-pyrrole nitrogens is 1. The summed E-state index contributed by atoms with van der Waals surface area (Å²) in [5, 5.41) is 4.55. The topological polar surface area (TPSA) is 68.9 Å². The van der Waals surface area contributed by atoms with Crippen molar-refractivity contribution in [2.45, 2.75) is 12.8 Å². The van der Waals surface area contributed by atoms with Gasteiger partial charge in [-0.25, -0.2) is 0 Å². The molecule has 4 N–H and O–H groups in total. The van der Waals surface area contributed by atoms with Gasteiger partial charge in [0.15, 0.2) is 5.11 Å². The summed E-state index contributed by atoms with van der Waals surface area (Å²) in [6.07, 6.45) is 5.27. The Hall–Kier alpha value is -1.73. The zero-order valence-corrected chi connectivity index (χ0v) is 14.1. The molecule has 0 radical (unpaired) electrons. The summed E-state index contributed by atoms with van der Waals surface area (Å²) in [5.74, 6) is 0.959. The van der Waals surface area contributed by atoms with Crippen molar-refractivity contribution in [3.8, 4) is 0 Å². The highest BCUT2D eigenvalue weighted by atomic mass is 32.2. The summed E-state index contributed by atoms with van der Waals surface area (Å²) in [6.45, 7) is 0.797. The molecule has 0 fully saturated rings. The molecule has 0 aliphatic rings. The van der Waals surface area contributed by atoms with E-state index in [0.29, 0.717) is 11.5 Å². The number of fused-ring (bicyclic) bond motifs is 1. The van der Waals surface area contributed by atoms with Gasteiger partial charge in [0.1, 0.15) is 0 Å². The molecule has 0 spiro atoms. The fourth-order valence-electron chi connectivity index (χ4n) is 2.08. The Morgan fingerprint density at radius 3 is 2.95 bits per heavy atom. The van der Waals surface area contributed by atoms with Crippen molar-refractivity contribution in [2.24, 2.45) is 0 Å². The van der Waals surface area contributed by atoms with Crippen molar-refractivity contribution in [2.75, 3.05) is 18.6 Å². The Morgan fingerprint density at radius 2 is 2.14 bits per heavy atom. The second-order valence-corrected chi connectivity index (χ2v) is 6.21. The van der Waals surface area contributed by atoms with Crippen LogP contribution < -0.4 is 16.2 Å². The van der Waals surface area contributed by atoms with Gasteiger partial charge in [0.05, 0.1) is 6.42 Å². The minimum atomic E-state index is -0.127. The van der Waals surface area contributed by atoms with Gasteiger partial charge in [-0.2, -0.15) is 11.8 Å². The molecule has 0 aliphatic heterocycles. The van der Waals surface area contributed by atoms with Gasteiger partial charge in [0, 0.05) is 23.6 Å². The number of hydrogen-bond acceptors (Lipinski definition) is 3. The van der Waals surface area contributed by atoms with Crippen LogP contribution in [0.5, 0.6) is 0 Å². The number of hydrogen-bond donors (Lipinski definition) is 4. The average Bonchev–Trinajstić information content (AvgIpc) is 2.93. The van der Waals surface area contributed by atoms with Crippen molar-refractivity contribution in [3.63, 3.8) is 0 Å². The van der Waals surface area contributed by atoms with Gasteiger partial charge in [0.2, 0.25) is 5.91 Å². The number of hydrazine groups is 1. The van der Waals surface area contributed by atoms with Crippen LogP contribution in [-0.2, 0) is 11.2 Å². The van der Waals surface area contributed by atoms with Crippen molar-refractivity contribution < 1.29 is 4.79 Å². The van der Waals surface area contributed by atoms with Gasteiger partial charge in [-0.1, -0.05) is 18.2 Å². The van der Waals surface area contributed by atoms with Gasteiger partial charge >= 0.3 is 0 Å². The highest BCUT2D eigenvalue weighted by molar-refractivity contribution is 7.98. The van der Waals surface area contributed by atoms with E-state index >= 15 is 0 Å². The summed E-state index contributed by atoms with van der Waals surface area (Å²) in [4.78, 5) is 15.1. The third-order valence-electron chi connectivity index (χ3n) is 3.15. The van der Waals surface area contributed by atoms with Crippen molar-refractivity contribution in [1.29, 1.82) is 0 Å². The molecular formula is C15H20N4OS2. The maximum Gasteiger partial charge on any atom is 0.242 e. The predicted molar refractivity (Wildman–Crippen MR) is 96.9 cm³/mol. The molecule has 1 amide bonds. The predicted octanol–water partition coefficient (Wildman–Crippen LogP) is 1.96. The first-order valence-corrected chi connectivity index (χ1v) is 8.87. The fourth-order valence-corrected chi connectivity index (χ4v) is 2.67. The van der Waals surface area contributed by atoms with Crippen LogP contribution >= 0.6 is 24.0 Å². The lowest BCUT2D eigenvalue weighted by Crippen LogP contribution is -2.47. The Labute approximate surface area is 139 Å². The molecule has 1 heterocycles. The number of thioether (sulfide) groups is 1. The van der Waals surface area contributed by atoms with Crippen LogP contribution in [-0.4, -0.2) is 34.6 Å². The van der Waals surface area contributed by atoms with Crippen LogP contribution in [0, 0.1) is 0 Å². The standard InChI is InChI=1S/C15H20N4OS2/c1-22-8-4-7-16-15(21)19-18-14(20)9-11-10-17-13-6-3-2-5-12(11)13/h2-3,5-6,10,17H,4,7-9H2,1H3,(H,18,20)(H2,16,19,21). The van der Waals surface area contributed by atoms with Crippen molar-refractivity contribution in [3.05, 3.63) is 36.0 Å². The summed E-state index contributed by atoms with van der Waals surface area (Å²) in [7, 11) is 0. The van der Waals surface area contributed by atoms with E-state index in [0.717, 1.165) is 35.2 Å². The lowest BCUT2D eigenvalue weighted by atomic mass is 10.1. The minimum absolute atomic E-state index is 0.127. The van der Waals surface area contributed by atoms with Crippen LogP contribution in [0.25, 0.3) is 10.9 Å². The number of para-hydroxylation sites is 1. The van der Waals surface area contributed by atoms with Gasteiger partial charge < -0.3 is 10.3 Å². The first-order valence-electron chi connectivity index (χ1n) is 7.07. The first kappa shape index (κ1) is 16.6. The number of carbonyl (C=O) groups is 1. The lowest BCUT2D eigenvalue weighted by molar-refractivity contribution is -0.120. The molecule has 2 rings (SSSR count). The smallest absolute Gasteiger partial charge is 0.242 e. The molecule has 5 nitrogen and oxygen atoms in total. The molecule has 22 heavy (non-hydrogen) atoms. The van der Waals surface area contributed by atoms with Crippen molar-refractivity contribution in [1.82, 2.24) is 21.2 Å². The number of aromatic amines is 1. The first-order chi connectivity index (χ1) is 10.7. The van der Waals surface area contributed by atoms with Gasteiger partial charge in [-0.3, -0.25) is 15.6 Å². The number of rotatable bonds is 6. The Bertz CT molecular complexity index is 641. The highest BCUT2D eigenvalue weighted by Gasteiger charge is 2.08. The number of aromatic nitrogens is 1. The molecule has 7 heteroatoms. The summed E-state index contributed by atoms with van der Waals surface area (Å²) < 4.78 is 0. The fraction of sp³-hybridized carbons (Fsp3) is 0.333. The zero-order valence-electron chi connectivity index (χ0n) is 12.4. The molecule has 0 atom stereocenters. The largest absolute Gasteiger partial charge is 0.361 e. The Kier molecular flexibility index (Phi) is 6.54. The molecule has 1 aromatic carbocycles. The zero-order chi connectivity index (χ0) is 15.8. The maximum atomic E-state index is 12.0. The van der Waals surface area contributed by atoms with E-state index in [1.54, 1.807) is 11.8 Å². The lowest BCUT2D eigenvalue weighted by Gasteiger charge is -2.11. The molecule has 0 aliphatic carbocycles. The minimum Gasteiger partial charge on any atom is -0.361 e. The average molecular weight is 336 g/mol. The second-order valence-electron chi connectivity index (χ2n) is 4.81. The SMILES string of the molecule is CSCCCNC(=S)NNC(=O)Cc1c[nH]c2ccccc12. The highest BCUT2D eigenvalue weighted by Crippen LogP contribution is 2.17. The van der Waals surface area contributed by atoms with E-state index in [2.05, 4.69) is 27.4 Å². The van der Waals surface area contributed by atoms with Gasteiger partial charge in [0.25, 0.3) is 0 Å². The van der Waals surface area contributed by atoms with Crippen LogP contribution in [0.4, 0.5) is 0 Å². The quantitative estimate of drug-likeness (QED) is 0.369. The number of thiocarbonyl (C=S) groups is 1. The van der Waals surface area contributed by atoms with E-state index in [-0.39, 0.29) is 5.91 Å². The third-order valence-corrected chi connectivity index (χ3v) is 4.10. The number of benzene rings is 1. The molecule has 0 bridgehead atoms. The third kappa shape index (κ3) is 4.92. The van der Waals surface area contributed by atoms with Crippen molar-refractivity contribution >= 4 is 45.9 Å². The molecular weight excluding hydrogens is 316 g/mol. The van der Waals surface area contributed by atoms with Crippen LogP contribution in [0.15, 0.2) is 30.5 Å². The molecule has 0 unspecified atom stereocenters. The van der Waals surface area contributed by atoms with Crippen LogP contribution in [0.1, 0.15) is 12.0 Å². The molecule has 2 aromatic rings. The number of carbonyl (C=O) groups excluding carboxylic acids is 1. The van der Waals surface area contributed by atoms with E-state index in [9.17, 15) is 4.79 Å². The summed E-state index contributed by atoms with van der Waals surface area (Å²) >= 11 is 6.90. The second kappa shape index (κ2) is 8.65. The summed E-state index contributed by atoms with van der Waals surface area (Å²) in [6, 6.07) is 7.91. The number of nitrogens with one attached hydrogen (secondary N) is 4. The van der Waals surface area contributed by atoms with Gasteiger partial charge in [-0.05, 0) is 42.3 Å². The van der Waals surface area contributed by atoms with E-state index in [4.69, 9.17) is 12.2 Å². The maximum absolute atomic E-state index is 12.0. The molecule has 1 aromatic heterocycles. The normalized spacial score (nSPS) is 10.4. The van der Waals surface area contributed by atoms with E-state index < -0.39 is 0 Å². The number of amides is 1. The molecule has 118 valence electrons. The molecule has 0 saturated heterocycles. The van der Waals surface area contributed by atoms with E-state index in [1.807, 2.05) is 30.5 Å². The van der Waals surface area contributed by atoms with Gasteiger partial charge in [-0.15, -0.1) is 0 Å². The van der Waals surface area contributed by atoms with Crippen LogP contribution in [0.3, 0.4) is 0 Å². The Morgan fingerprint density at radius 1 is 1.32 bits per heavy atom. The van der Waals surface area contributed by atoms with Crippen LogP contribution in [0.2, 0.25) is 0 Å². The Balaban J connectivity index is 1.75. The van der Waals surface area contributed by atoms with E-state index in [1.165, 1.54) is 0 Å². The monoisotopic (exact) mass is 336 g/mol. The molecule has 0 saturated carbocycles.